The number of hydrogen-bond acceptors (Lipinski definition) is 5. The molecule has 5 nitrogen and oxygen atoms in total. The average molecular weight is 317 g/mol. The third kappa shape index (κ3) is 3.86. The molecular weight excluding hydrogens is 294 g/mol. The van der Waals surface area contributed by atoms with E-state index in [9.17, 15) is 5.11 Å². The van der Waals surface area contributed by atoms with E-state index in [0.717, 1.165) is 24.3 Å². The summed E-state index contributed by atoms with van der Waals surface area (Å²) in [5.41, 5.74) is 0.219. The van der Waals surface area contributed by atoms with Gasteiger partial charge in [0.1, 0.15) is 11.4 Å². The summed E-state index contributed by atoms with van der Waals surface area (Å²) in [6.45, 7) is 4.62. The van der Waals surface area contributed by atoms with Gasteiger partial charge in [-0.05, 0) is 56.5 Å². The second-order valence-electron chi connectivity index (χ2n) is 6.26. The van der Waals surface area contributed by atoms with Gasteiger partial charge in [0, 0.05) is 12.6 Å². The first-order valence-corrected chi connectivity index (χ1v) is 7.93. The summed E-state index contributed by atoms with van der Waals surface area (Å²) in [6, 6.07) is 9.92. The number of hydrogen-bond donors (Lipinski definition) is 2. The second-order valence-corrected chi connectivity index (χ2v) is 6.26. The number of furan rings is 1. The molecule has 2 N–H and O–H groups in total. The van der Waals surface area contributed by atoms with E-state index in [1.807, 2.05) is 12.1 Å². The number of nitrogens with one attached hydrogen (secondary N) is 1. The van der Waals surface area contributed by atoms with E-state index < -0.39 is 5.60 Å². The highest BCUT2D eigenvalue weighted by Gasteiger charge is 2.26. The number of fused-ring (bicyclic) bond motifs is 1. The van der Waals surface area contributed by atoms with Gasteiger partial charge in [0.15, 0.2) is 11.5 Å². The van der Waals surface area contributed by atoms with Crippen molar-refractivity contribution in [3.05, 3.63) is 47.9 Å². The normalized spacial score (nSPS) is 17.0. The Labute approximate surface area is 136 Å². The molecule has 0 spiro atoms. The molecule has 1 aliphatic rings. The minimum absolute atomic E-state index is 0.280. The summed E-state index contributed by atoms with van der Waals surface area (Å²) in [7, 11) is 0. The molecule has 3 rings (SSSR count). The van der Waals surface area contributed by atoms with Crippen molar-refractivity contribution in [2.45, 2.75) is 38.3 Å². The fraction of sp³-hybridized carbons (Fsp3) is 0.444. The molecule has 2 aromatic rings. The van der Waals surface area contributed by atoms with Gasteiger partial charge in [-0.2, -0.15) is 0 Å². The number of benzene rings is 1. The van der Waals surface area contributed by atoms with E-state index in [4.69, 9.17) is 13.9 Å². The highest BCUT2D eigenvalue weighted by atomic mass is 16.7. The molecule has 1 aromatic heterocycles. The monoisotopic (exact) mass is 317 g/mol. The van der Waals surface area contributed by atoms with E-state index in [0.29, 0.717) is 19.1 Å². The number of rotatable bonds is 7. The van der Waals surface area contributed by atoms with Crippen LogP contribution in [0.5, 0.6) is 11.5 Å². The molecular formula is C18H23NO4. The van der Waals surface area contributed by atoms with Crippen LogP contribution >= 0.6 is 0 Å². The second kappa shape index (κ2) is 6.64. The van der Waals surface area contributed by atoms with Gasteiger partial charge in [0.25, 0.3) is 0 Å². The Morgan fingerprint density at radius 3 is 2.87 bits per heavy atom. The van der Waals surface area contributed by atoms with Gasteiger partial charge < -0.3 is 24.3 Å². The van der Waals surface area contributed by atoms with Crippen molar-refractivity contribution in [3.8, 4) is 11.5 Å². The van der Waals surface area contributed by atoms with Crippen LogP contribution in [-0.4, -0.2) is 24.5 Å². The van der Waals surface area contributed by atoms with Gasteiger partial charge in [0.05, 0.1) is 6.26 Å². The molecule has 124 valence electrons. The lowest BCUT2D eigenvalue weighted by atomic mass is 10.0. The molecule has 2 heterocycles. The zero-order chi connectivity index (χ0) is 16.3. The molecule has 23 heavy (non-hydrogen) atoms. The van der Waals surface area contributed by atoms with E-state index in [1.54, 1.807) is 25.3 Å². The third-order valence-corrected chi connectivity index (χ3v) is 4.15. The molecule has 2 unspecified atom stereocenters. The lowest BCUT2D eigenvalue weighted by Crippen LogP contribution is -2.39. The zero-order valence-corrected chi connectivity index (χ0v) is 13.5. The Morgan fingerprint density at radius 2 is 2.09 bits per heavy atom. The Balaban J connectivity index is 1.47. The van der Waals surface area contributed by atoms with Crippen LogP contribution in [0.15, 0.2) is 41.0 Å². The molecule has 0 saturated carbocycles. The van der Waals surface area contributed by atoms with E-state index >= 15 is 0 Å². The SMILES string of the molecule is CC(CCc1ccc2c(c1)OCO2)NCC(C)(O)c1ccco1. The Hall–Kier alpha value is -1.98. The maximum Gasteiger partial charge on any atom is 0.231 e. The summed E-state index contributed by atoms with van der Waals surface area (Å²) in [5, 5.41) is 13.8. The molecule has 0 saturated heterocycles. The van der Waals surface area contributed by atoms with Crippen molar-refractivity contribution in [2.75, 3.05) is 13.3 Å². The summed E-state index contributed by atoms with van der Waals surface area (Å²) < 4.78 is 16.0. The largest absolute Gasteiger partial charge is 0.466 e. The standard InChI is InChI=1S/C18H23NO4/c1-13(19-11-18(2,20)17-4-3-9-21-17)5-6-14-7-8-15-16(10-14)23-12-22-15/h3-4,7-10,13,19-20H,5-6,11-12H2,1-2H3. The van der Waals surface area contributed by atoms with Crippen molar-refractivity contribution < 1.29 is 19.0 Å². The average Bonchev–Trinajstić information content (AvgIpc) is 3.21. The molecule has 5 heteroatoms. The number of aryl methyl sites for hydroxylation is 1. The van der Waals surface area contributed by atoms with Crippen LogP contribution in [0.25, 0.3) is 0 Å². The summed E-state index contributed by atoms with van der Waals surface area (Å²) in [5.74, 6) is 2.21. The highest BCUT2D eigenvalue weighted by Crippen LogP contribution is 2.32. The van der Waals surface area contributed by atoms with Crippen molar-refractivity contribution in [3.63, 3.8) is 0 Å². The van der Waals surface area contributed by atoms with Crippen LogP contribution in [0, 0.1) is 0 Å². The van der Waals surface area contributed by atoms with Gasteiger partial charge >= 0.3 is 0 Å². The van der Waals surface area contributed by atoms with Gasteiger partial charge in [0.2, 0.25) is 6.79 Å². The van der Waals surface area contributed by atoms with Gasteiger partial charge in [-0.25, -0.2) is 0 Å². The molecule has 0 aliphatic carbocycles. The van der Waals surface area contributed by atoms with Gasteiger partial charge in [-0.15, -0.1) is 0 Å². The van der Waals surface area contributed by atoms with Crippen molar-refractivity contribution in [1.29, 1.82) is 0 Å². The van der Waals surface area contributed by atoms with Crippen LogP contribution in [0.3, 0.4) is 0 Å². The predicted octanol–water partition coefficient (Wildman–Crippen LogP) is 2.83. The number of aliphatic hydroxyl groups is 1. The fourth-order valence-electron chi connectivity index (χ4n) is 2.63. The van der Waals surface area contributed by atoms with E-state index in [-0.39, 0.29) is 6.04 Å². The quantitative estimate of drug-likeness (QED) is 0.822. The predicted molar refractivity (Wildman–Crippen MR) is 86.6 cm³/mol. The maximum absolute atomic E-state index is 10.4. The van der Waals surface area contributed by atoms with Crippen molar-refractivity contribution in [2.24, 2.45) is 0 Å². The topological polar surface area (TPSA) is 63.9 Å². The Bertz CT molecular complexity index is 636. The molecule has 0 amide bonds. The molecule has 0 radical (unpaired) electrons. The summed E-state index contributed by atoms with van der Waals surface area (Å²) >= 11 is 0. The van der Waals surface area contributed by atoms with Crippen LogP contribution in [0.2, 0.25) is 0 Å². The lowest BCUT2D eigenvalue weighted by Gasteiger charge is -2.24. The van der Waals surface area contributed by atoms with E-state index in [1.165, 1.54) is 5.56 Å². The van der Waals surface area contributed by atoms with Crippen LogP contribution in [-0.2, 0) is 12.0 Å². The smallest absolute Gasteiger partial charge is 0.231 e. The lowest BCUT2D eigenvalue weighted by molar-refractivity contribution is 0.0318. The Morgan fingerprint density at radius 1 is 1.26 bits per heavy atom. The van der Waals surface area contributed by atoms with Crippen LogP contribution in [0.4, 0.5) is 0 Å². The minimum atomic E-state index is -1.00. The highest BCUT2D eigenvalue weighted by molar-refractivity contribution is 5.44. The van der Waals surface area contributed by atoms with Gasteiger partial charge in [-0.1, -0.05) is 6.07 Å². The summed E-state index contributed by atoms with van der Waals surface area (Å²) in [4.78, 5) is 0. The van der Waals surface area contributed by atoms with E-state index in [2.05, 4.69) is 18.3 Å². The van der Waals surface area contributed by atoms with Crippen LogP contribution < -0.4 is 14.8 Å². The maximum atomic E-state index is 10.4. The first-order chi connectivity index (χ1) is 11.0. The van der Waals surface area contributed by atoms with Gasteiger partial charge in [-0.3, -0.25) is 0 Å². The van der Waals surface area contributed by atoms with Crippen molar-refractivity contribution >= 4 is 0 Å². The molecule has 0 bridgehead atoms. The van der Waals surface area contributed by atoms with Crippen molar-refractivity contribution in [1.82, 2.24) is 5.32 Å². The molecule has 1 aliphatic heterocycles. The zero-order valence-electron chi connectivity index (χ0n) is 13.5. The fourth-order valence-corrected chi connectivity index (χ4v) is 2.63. The number of ether oxygens (including phenoxy) is 2. The Kier molecular flexibility index (Phi) is 4.59. The molecule has 0 fully saturated rings. The molecule has 1 aromatic carbocycles. The first kappa shape index (κ1) is 15.9. The summed E-state index contributed by atoms with van der Waals surface area (Å²) in [6.07, 6.45) is 3.48. The minimum Gasteiger partial charge on any atom is -0.466 e. The van der Waals surface area contributed by atoms with Crippen LogP contribution in [0.1, 0.15) is 31.6 Å². The first-order valence-electron chi connectivity index (χ1n) is 7.93. The molecule has 2 atom stereocenters. The third-order valence-electron chi connectivity index (χ3n) is 4.15.